The van der Waals surface area contributed by atoms with Gasteiger partial charge in [-0.3, -0.25) is 9.78 Å². The minimum atomic E-state index is 0.0411. The topological polar surface area (TPSA) is 79.8 Å². The zero-order chi connectivity index (χ0) is 16.8. The number of nitrogens with zero attached hydrogens (tertiary/aromatic N) is 3. The predicted octanol–water partition coefficient (Wildman–Crippen LogP) is 3.43. The Morgan fingerprint density at radius 3 is 2.62 bits per heavy atom. The zero-order valence-corrected chi connectivity index (χ0v) is 13.2. The first-order valence-corrected chi connectivity index (χ1v) is 7.54. The van der Waals surface area contributed by atoms with Gasteiger partial charge in [-0.1, -0.05) is 6.07 Å². The van der Waals surface area contributed by atoms with Crippen LogP contribution in [0.15, 0.2) is 61.1 Å². The van der Waals surface area contributed by atoms with Gasteiger partial charge in [-0.25, -0.2) is 4.98 Å². The van der Waals surface area contributed by atoms with Gasteiger partial charge in [0.15, 0.2) is 5.78 Å². The van der Waals surface area contributed by atoms with Crippen molar-refractivity contribution in [3.8, 4) is 0 Å². The minimum absolute atomic E-state index is 0.0411. The lowest BCUT2D eigenvalue weighted by atomic mass is 10.1. The molecule has 0 aliphatic carbocycles. The largest absolute Gasteiger partial charge is 0.366 e. The van der Waals surface area contributed by atoms with E-state index in [9.17, 15) is 4.79 Å². The van der Waals surface area contributed by atoms with E-state index in [2.05, 4.69) is 25.6 Å². The first-order chi connectivity index (χ1) is 11.7. The van der Waals surface area contributed by atoms with E-state index in [0.29, 0.717) is 18.1 Å². The summed E-state index contributed by atoms with van der Waals surface area (Å²) < 4.78 is 0. The molecule has 0 saturated heterocycles. The van der Waals surface area contributed by atoms with Crippen LogP contribution in [0.2, 0.25) is 0 Å². The molecule has 120 valence electrons. The molecule has 0 bridgehead atoms. The zero-order valence-electron chi connectivity index (χ0n) is 13.2. The van der Waals surface area contributed by atoms with Crippen LogP contribution in [0.1, 0.15) is 22.8 Å². The van der Waals surface area contributed by atoms with Gasteiger partial charge in [0.1, 0.15) is 5.82 Å². The predicted molar refractivity (Wildman–Crippen MR) is 93.3 cm³/mol. The summed E-state index contributed by atoms with van der Waals surface area (Å²) in [6.07, 6.45) is 5.24. The number of nitrogens with one attached hydrogen (secondary N) is 2. The standard InChI is InChI=1S/C18H17N5O/c1-13(24)15-4-6-16(7-5-15)22-18-20-10-8-17(23-18)21-12-14-3-2-9-19-11-14/h2-11H,12H2,1H3,(H2,20,21,22,23). The Morgan fingerprint density at radius 1 is 1.08 bits per heavy atom. The van der Waals surface area contributed by atoms with Crippen LogP contribution in [0.5, 0.6) is 0 Å². The van der Waals surface area contributed by atoms with Gasteiger partial charge in [0.25, 0.3) is 0 Å². The molecule has 0 radical (unpaired) electrons. The van der Waals surface area contributed by atoms with Crippen molar-refractivity contribution in [2.75, 3.05) is 10.6 Å². The summed E-state index contributed by atoms with van der Waals surface area (Å²) in [5, 5.41) is 6.36. The normalized spacial score (nSPS) is 10.2. The van der Waals surface area contributed by atoms with Crippen molar-refractivity contribution in [3.05, 3.63) is 72.2 Å². The highest BCUT2D eigenvalue weighted by molar-refractivity contribution is 5.94. The van der Waals surface area contributed by atoms with Gasteiger partial charge in [0.2, 0.25) is 5.95 Å². The number of carbonyl (C=O) groups excluding carboxylic acids is 1. The monoisotopic (exact) mass is 319 g/mol. The summed E-state index contributed by atoms with van der Waals surface area (Å²) in [5.41, 5.74) is 2.57. The number of benzene rings is 1. The quantitative estimate of drug-likeness (QED) is 0.678. The molecule has 6 heteroatoms. The molecule has 0 atom stereocenters. The van der Waals surface area contributed by atoms with Crippen LogP contribution in [0.3, 0.4) is 0 Å². The molecule has 3 aromatic rings. The number of ketones is 1. The number of carbonyl (C=O) groups is 1. The van der Waals surface area contributed by atoms with Crippen molar-refractivity contribution in [1.29, 1.82) is 0 Å². The highest BCUT2D eigenvalue weighted by Gasteiger charge is 2.02. The number of hydrogen-bond acceptors (Lipinski definition) is 6. The van der Waals surface area contributed by atoms with Crippen molar-refractivity contribution in [1.82, 2.24) is 15.0 Å². The Bertz CT molecular complexity index is 818. The van der Waals surface area contributed by atoms with Crippen LogP contribution in [-0.4, -0.2) is 20.7 Å². The second-order valence-electron chi connectivity index (χ2n) is 5.24. The fourth-order valence-corrected chi connectivity index (χ4v) is 2.13. The molecule has 1 aromatic carbocycles. The van der Waals surface area contributed by atoms with Crippen molar-refractivity contribution < 1.29 is 4.79 Å². The van der Waals surface area contributed by atoms with Crippen LogP contribution in [0.4, 0.5) is 17.5 Å². The lowest BCUT2D eigenvalue weighted by Gasteiger charge is -2.08. The number of hydrogen-bond donors (Lipinski definition) is 2. The first-order valence-electron chi connectivity index (χ1n) is 7.54. The highest BCUT2D eigenvalue weighted by Crippen LogP contribution is 2.15. The minimum Gasteiger partial charge on any atom is -0.366 e. The van der Waals surface area contributed by atoms with E-state index in [1.807, 2.05) is 30.5 Å². The lowest BCUT2D eigenvalue weighted by molar-refractivity contribution is 0.101. The van der Waals surface area contributed by atoms with Gasteiger partial charge >= 0.3 is 0 Å². The summed E-state index contributed by atoms with van der Waals surface area (Å²) in [6.45, 7) is 2.18. The molecule has 3 rings (SSSR count). The third-order valence-electron chi connectivity index (χ3n) is 3.40. The molecule has 0 saturated carbocycles. The summed E-state index contributed by atoms with van der Waals surface area (Å²) in [6, 6.07) is 12.9. The maximum absolute atomic E-state index is 11.3. The van der Waals surface area contributed by atoms with Crippen LogP contribution in [0, 0.1) is 0 Å². The fourth-order valence-electron chi connectivity index (χ4n) is 2.13. The molecule has 0 aliphatic rings. The van der Waals surface area contributed by atoms with Gasteiger partial charge in [0, 0.05) is 36.4 Å². The third kappa shape index (κ3) is 4.13. The number of anilines is 3. The van der Waals surface area contributed by atoms with E-state index in [1.54, 1.807) is 37.5 Å². The van der Waals surface area contributed by atoms with Crippen LogP contribution < -0.4 is 10.6 Å². The van der Waals surface area contributed by atoms with Crippen LogP contribution in [-0.2, 0) is 6.54 Å². The van der Waals surface area contributed by atoms with Gasteiger partial charge in [-0.05, 0) is 48.9 Å². The smallest absolute Gasteiger partial charge is 0.229 e. The summed E-state index contributed by atoms with van der Waals surface area (Å²) >= 11 is 0. The summed E-state index contributed by atoms with van der Waals surface area (Å²) in [5.74, 6) is 1.25. The van der Waals surface area contributed by atoms with E-state index < -0.39 is 0 Å². The second-order valence-corrected chi connectivity index (χ2v) is 5.24. The molecular formula is C18H17N5O. The average Bonchev–Trinajstić information content (AvgIpc) is 2.62. The van der Waals surface area contributed by atoms with Crippen LogP contribution in [0.25, 0.3) is 0 Å². The fraction of sp³-hybridized carbons (Fsp3) is 0.111. The third-order valence-corrected chi connectivity index (χ3v) is 3.40. The molecule has 6 nitrogen and oxygen atoms in total. The molecule has 2 aromatic heterocycles. The van der Waals surface area contributed by atoms with Gasteiger partial charge < -0.3 is 10.6 Å². The molecule has 0 unspecified atom stereocenters. The molecule has 0 amide bonds. The molecule has 2 N–H and O–H groups in total. The Morgan fingerprint density at radius 2 is 1.92 bits per heavy atom. The lowest BCUT2D eigenvalue weighted by Crippen LogP contribution is -2.04. The number of aromatic nitrogens is 3. The summed E-state index contributed by atoms with van der Waals surface area (Å²) in [7, 11) is 0. The van der Waals surface area contributed by atoms with E-state index in [1.165, 1.54) is 0 Å². The van der Waals surface area contributed by atoms with E-state index in [-0.39, 0.29) is 5.78 Å². The van der Waals surface area contributed by atoms with Crippen LogP contribution >= 0.6 is 0 Å². The molecule has 0 fully saturated rings. The van der Waals surface area contributed by atoms with Crippen molar-refractivity contribution in [2.45, 2.75) is 13.5 Å². The van der Waals surface area contributed by atoms with Crippen molar-refractivity contribution in [3.63, 3.8) is 0 Å². The number of rotatable bonds is 6. The van der Waals surface area contributed by atoms with Gasteiger partial charge in [-0.15, -0.1) is 0 Å². The Balaban J connectivity index is 1.65. The molecule has 0 spiro atoms. The Hall–Kier alpha value is -3.28. The van der Waals surface area contributed by atoms with Gasteiger partial charge in [-0.2, -0.15) is 4.98 Å². The Labute approximate surface area is 140 Å². The maximum Gasteiger partial charge on any atom is 0.229 e. The highest BCUT2D eigenvalue weighted by atomic mass is 16.1. The summed E-state index contributed by atoms with van der Waals surface area (Å²) in [4.78, 5) is 24.0. The van der Waals surface area contributed by atoms with Crippen molar-refractivity contribution >= 4 is 23.2 Å². The maximum atomic E-state index is 11.3. The number of pyridine rings is 1. The molecule has 0 aliphatic heterocycles. The van der Waals surface area contributed by atoms with Crippen molar-refractivity contribution in [2.24, 2.45) is 0 Å². The van der Waals surface area contributed by atoms with Gasteiger partial charge in [0.05, 0.1) is 0 Å². The number of Topliss-reactive ketones (excluding diaryl/α,β-unsaturated/α-hetero) is 1. The molecular weight excluding hydrogens is 302 g/mol. The second kappa shape index (κ2) is 7.32. The Kier molecular flexibility index (Phi) is 4.76. The SMILES string of the molecule is CC(=O)c1ccc(Nc2nccc(NCc3cccnc3)n2)cc1. The van der Waals surface area contributed by atoms with E-state index >= 15 is 0 Å². The molecule has 24 heavy (non-hydrogen) atoms. The first kappa shape index (κ1) is 15.6. The van der Waals surface area contributed by atoms with E-state index in [0.717, 1.165) is 17.1 Å². The molecule has 2 heterocycles. The van der Waals surface area contributed by atoms with E-state index in [4.69, 9.17) is 0 Å². The average molecular weight is 319 g/mol.